The standard InChI is InChI=1S/C15H30N2O/c1-5-16(6-2)11-13-9-10-14(15(13)18)12-17(7-3)8-4/h13-14H,5-12H2,1-4H3. The third-order valence-electron chi connectivity index (χ3n) is 4.41. The molecule has 3 nitrogen and oxygen atoms in total. The second-order valence-electron chi connectivity index (χ2n) is 5.35. The number of hydrogen-bond acceptors (Lipinski definition) is 3. The maximum atomic E-state index is 12.4. The molecule has 3 heteroatoms. The lowest BCUT2D eigenvalue weighted by Crippen LogP contribution is -2.35. The maximum absolute atomic E-state index is 12.4. The molecule has 0 spiro atoms. The van der Waals surface area contributed by atoms with Gasteiger partial charge < -0.3 is 9.80 Å². The van der Waals surface area contributed by atoms with E-state index in [-0.39, 0.29) is 0 Å². The van der Waals surface area contributed by atoms with E-state index in [9.17, 15) is 4.79 Å². The van der Waals surface area contributed by atoms with Crippen LogP contribution in [0.4, 0.5) is 0 Å². The molecular formula is C15H30N2O. The highest BCUT2D eigenvalue weighted by atomic mass is 16.1. The molecule has 2 unspecified atom stereocenters. The van der Waals surface area contributed by atoms with Crippen LogP contribution in [-0.2, 0) is 4.79 Å². The van der Waals surface area contributed by atoms with Gasteiger partial charge in [0.25, 0.3) is 0 Å². The van der Waals surface area contributed by atoms with Crippen molar-refractivity contribution in [2.45, 2.75) is 40.5 Å². The molecule has 1 saturated carbocycles. The van der Waals surface area contributed by atoms with Crippen LogP contribution in [0.1, 0.15) is 40.5 Å². The third-order valence-corrected chi connectivity index (χ3v) is 4.41. The molecule has 0 radical (unpaired) electrons. The fourth-order valence-electron chi connectivity index (χ4n) is 2.97. The third kappa shape index (κ3) is 4.06. The Balaban J connectivity index is 2.46. The summed E-state index contributed by atoms with van der Waals surface area (Å²) < 4.78 is 0. The zero-order valence-corrected chi connectivity index (χ0v) is 12.6. The Morgan fingerprint density at radius 2 is 1.17 bits per heavy atom. The van der Waals surface area contributed by atoms with Gasteiger partial charge in [-0.05, 0) is 39.0 Å². The monoisotopic (exact) mass is 254 g/mol. The van der Waals surface area contributed by atoms with Gasteiger partial charge in [-0.3, -0.25) is 4.79 Å². The topological polar surface area (TPSA) is 23.6 Å². The quantitative estimate of drug-likeness (QED) is 0.664. The van der Waals surface area contributed by atoms with Crippen LogP contribution in [-0.4, -0.2) is 54.9 Å². The number of carbonyl (C=O) groups is 1. The zero-order valence-electron chi connectivity index (χ0n) is 12.6. The molecule has 1 rings (SSSR count). The first-order valence-electron chi connectivity index (χ1n) is 7.64. The summed E-state index contributed by atoms with van der Waals surface area (Å²) in [4.78, 5) is 17.1. The van der Waals surface area contributed by atoms with E-state index in [0.29, 0.717) is 17.6 Å². The number of rotatable bonds is 8. The van der Waals surface area contributed by atoms with Crippen molar-refractivity contribution in [1.82, 2.24) is 9.80 Å². The molecule has 18 heavy (non-hydrogen) atoms. The van der Waals surface area contributed by atoms with Crippen molar-refractivity contribution in [3.05, 3.63) is 0 Å². The van der Waals surface area contributed by atoms with E-state index in [2.05, 4.69) is 37.5 Å². The van der Waals surface area contributed by atoms with Gasteiger partial charge in [-0.15, -0.1) is 0 Å². The Morgan fingerprint density at radius 3 is 1.44 bits per heavy atom. The van der Waals surface area contributed by atoms with Crippen molar-refractivity contribution in [1.29, 1.82) is 0 Å². The van der Waals surface area contributed by atoms with Crippen LogP contribution in [0.2, 0.25) is 0 Å². The highest BCUT2D eigenvalue weighted by molar-refractivity contribution is 5.85. The molecule has 0 bridgehead atoms. The fraction of sp³-hybridized carbons (Fsp3) is 0.933. The van der Waals surface area contributed by atoms with Crippen LogP contribution < -0.4 is 0 Å². The lowest BCUT2D eigenvalue weighted by atomic mass is 10.0. The molecule has 0 amide bonds. The molecule has 0 saturated heterocycles. The average molecular weight is 254 g/mol. The molecule has 1 fully saturated rings. The van der Waals surface area contributed by atoms with Gasteiger partial charge in [0.15, 0.2) is 0 Å². The molecule has 1 aliphatic rings. The average Bonchev–Trinajstić information content (AvgIpc) is 2.74. The Hall–Kier alpha value is -0.410. The lowest BCUT2D eigenvalue weighted by Gasteiger charge is -2.23. The zero-order chi connectivity index (χ0) is 13.5. The Bertz CT molecular complexity index is 223. The molecule has 0 aromatic heterocycles. The van der Waals surface area contributed by atoms with Crippen molar-refractivity contribution in [2.24, 2.45) is 11.8 Å². The second-order valence-corrected chi connectivity index (χ2v) is 5.35. The molecule has 0 heterocycles. The summed E-state index contributed by atoms with van der Waals surface area (Å²) in [7, 11) is 0. The fourth-order valence-corrected chi connectivity index (χ4v) is 2.97. The van der Waals surface area contributed by atoms with Crippen LogP contribution in [0.3, 0.4) is 0 Å². The van der Waals surface area contributed by atoms with Crippen LogP contribution in [0.25, 0.3) is 0 Å². The highest BCUT2D eigenvalue weighted by Gasteiger charge is 2.35. The number of Topliss-reactive ketones (excluding diaryl/α,β-unsaturated/α-hetero) is 1. The Morgan fingerprint density at radius 1 is 0.833 bits per heavy atom. The maximum Gasteiger partial charge on any atom is 0.141 e. The van der Waals surface area contributed by atoms with Crippen LogP contribution in [0.15, 0.2) is 0 Å². The van der Waals surface area contributed by atoms with Gasteiger partial charge in [-0.25, -0.2) is 0 Å². The minimum atomic E-state index is 0.297. The van der Waals surface area contributed by atoms with E-state index >= 15 is 0 Å². The predicted octanol–water partition coefficient (Wildman–Crippen LogP) is 2.27. The number of carbonyl (C=O) groups excluding carboxylic acids is 1. The van der Waals surface area contributed by atoms with Crippen molar-refractivity contribution < 1.29 is 4.79 Å². The normalized spacial score (nSPS) is 24.4. The van der Waals surface area contributed by atoms with E-state index < -0.39 is 0 Å². The smallest absolute Gasteiger partial charge is 0.141 e. The van der Waals surface area contributed by atoms with Crippen molar-refractivity contribution in [3.63, 3.8) is 0 Å². The van der Waals surface area contributed by atoms with Gasteiger partial charge in [0.2, 0.25) is 0 Å². The van der Waals surface area contributed by atoms with Crippen LogP contribution >= 0.6 is 0 Å². The first kappa shape index (κ1) is 15.6. The predicted molar refractivity (Wildman–Crippen MR) is 76.8 cm³/mol. The SMILES string of the molecule is CCN(CC)CC1CCC(CN(CC)CC)C1=O. The largest absolute Gasteiger partial charge is 0.303 e. The first-order valence-corrected chi connectivity index (χ1v) is 7.64. The number of nitrogens with zero attached hydrogens (tertiary/aromatic N) is 2. The lowest BCUT2D eigenvalue weighted by molar-refractivity contribution is -0.124. The minimum Gasteiger partial charge on any atom is -0.303 e. The van der Waals surface area contributed by atoms with Crippen LogP contribution in [0, 0.1) is 11.8 Å². The van der Waals surface area contributed by atoms with E-state index in [1.165, 1.54) is 0 Å². The summed E-state index contributed by atoms with van der Waals surface area (Å²) in [6, 6.07) is 0. The number of hydrogen-bond donors (Lipinski definition) is 0. The van der Waals surface area contributed by atoms with E-state index in [1.54, 1.807) is 0 Å². The summed E-state index contributed by atoms with van der Waals surface area (Å²) in [5.74, 6) is 1.12. The van der Waals surface area contributed by atoms with E-state index in [4.69, 9.17) is 0 Å². The summed E-state index contributed by atoms with van der Waals surface area (Å²) in [6.45, 7) is 14.9. The minimum absolute atomic E-state index is 0.297. The summed E-state index contributed by atoms with van der Waals surface area (Å²) >= 11 is 0. The number of ketones is 1. The molecule has 1 aliphatic carbocycles. The molecule has 0 aliphatic heterocycles. The molecule has 2 atom stereocenters. The molecule has 0 aromatic carbocycles. The van der Waals surface area contributed by atoms with Gasteiger partial charge in [0, 0.05) is 24.9 Å². The van der Waals surface area contributed by atoms with Crippen molar-refractivity contribution in [2.75, 3.05) is 39.3 Å². The second kappa shape index (κ2) is 7.90. The van der Waals surface area contributed by atoms with E-state index in [0.717, 1.165) is 52.1 Å². The summed E-state index contributed by atoms with van der Waals surface area (Å²) in [5, 5.41) is 0. The van der Waals surface area contributed by atoms with Gasteiger partial charge >= 0.3 is 0 Å². The highest BCUT2D eigenvalue weighted by Crippen LogP contribution is 2.28. The van der Waals surface area contributed by atoms with Crippen LogP contribution in [0.5, 0.6) is 0 Å². The molecule has 0 N–H and O–H groups in total. The summed E-state index contributed by atoms with van der Waals surface area (Å²) in [6.07, 6.45) is 2.20. The van der Waals surface area contributed by atoms with Gasteiger partial charge in [-0.2, -0.15) is 0 Å². The van der Waals surface area contributed by atoms with Gasteiger partial charge in [-0.1, -0.05) is 27.7 Å². The van der Waals surface area contributed by atoms with Crippen molar-refractivity contribution >= 4 is 5.78 Å². The Labute approximate surface area is 113 Å². The van der Waals surface area contributed by atoms with E-state index in [1.807, 2.05) is 0 Å². The van der Waals surface area contributed by atoms with Gasteiger partial charge in [0.05, 0.1) is 0 Å². The molecule has 106 valence electrons. The van der Waals surface area contributed by atoms with Gasteiger partial charge in [0.1, 0.15) is 5.78 Å². The Kier molecular flexibility index (Phi) is 6.87. The van der Waals surface area contributed by atoms with Crippen molar-refractivity contribution in [3.8, 4) is 0 Å². The molecular weight excluding hydrogens is 224 g/mol. The summed E-state index contributed by atoms with van der Waals surface area (Å²) in [5.41, 5.74) is 0. The first-order chi connectivity index (χ1) is 8.65. The molecule has 0 aromatic rings.